The van der Waals surface area contributed by atoms with Gasteiger partial charge < -0.3 is 5.05 Å². The minimum absolute atomic E-state index is 0.636. The summed E-state index contributed by atoms with van der Waals surface area (Å²) >= 11 is 0. The quantitative estimate of drug-likeness (QED) is 0.513. The van der Waals surface area contributed by atoms with E-state index >= 15 is 0 Å². The van der Waals surface area contributed by atoms with Crippen molar-refractivity contribution >= 4 is 8.59 Å². The smallest absolute Gasteiger partial charge is 0.113 e. The summed E-state index contributed by atoms with van der Waals surface area (Å²) in [5.74, 6) is 0. The van der Waals surface area contributed by atoms with Crippen LogP contribution in [0.5, 0.6) is 0 Å². The molecule has 1 nitrogen and oxygen atoms in total. The molecule has 6 heavy (non-hydrogen) atoms. The number of hydrogen-bond donors (Lipinski definition) is 1. The van der Waals surface area contributed by atoms with Crippen LogP contribution in [0.25, 0.3) is 0 Å². The van der Waals surface area contributed by atoms with Gasteiger partial charge in [0, 0.05) is 0 Å². The van der Waals surface area contributed by atoms with Gasteiger partial charge in [0.15, 0.2) is 0 Å². The molecule has 0 aliphatic rings. The maximum Gasteiger partial charge on any atom is 0.113 e. The monoisotopic (exact) mass is 101 g/mol. The molecule has 0 bridgehead atoms. The first-order valence-electron chi connectivity index (χ1n) is 2.31. The summed E-state index contributed by atoms with van der Waals surface area (Å²) < 4.78 is 0. The molecule has 36 valence electrons. The standard InChI is InChI=1S/C4H11NSi/c1-3-4-6(2)5/h5H,3-4H2,1-2H3. The molecule has 0 aromatic heterocycles. The van der Waals surface area contributed by atoms with Crippen LogP contribution in [-0.4, -0.2) is 8.59 Å². The highest BCUT2D eigenvalue weighted by atomic mass is 28.2. The Bertz CT molecular complexity index is 51.5. The molecule has 0 saturated carbocycles. The first-order chi connectivity index (χ1) is 2.77. The third-order valence-electron chi connectivity index (χ3n) is 0.625. The van der Waals surface area contributed by atoms with Crippen LogP contribution in [-0.2, 0) is 0 Å². The third-order valence-corrected chi connectivity index (χ3v) is 1.87. The Morgan fingerprint density at radius 3 is 2.17 bits per heavy atom. The van der Waals surface area contributed by atoms with Gasteiger partial charge in [0.1, 0.15) is 8.59 Å². The van der Waals surface area contributed by atoms with E-state index in [9.17, 15) is 0 Å². The maximum atomic E-state index is 7.08. The molecular weight excluding hydrogens is 90.1 g/mol. The van der Waals surface area contributed by atoms with Crippen LogP contribution < -0.4 is 0 Å². The first-order valence-corrected chi connectivity index (χ1v) is 4.52. The fraction of sp³-hybridized carbons (Fsp3) is 1.00. The SMILES string of the molecule is CCC[Si](C)=N. The Balaban J connectivity index is 2.83. The van der Waals surface area contributed by atoms with E-state index in [4.69, 9.17) is 5.05 Å². The van der Waals surface area contributed by atoms with Gasteiger partial charge in [-0.2, -0.15) is 0 Å². The van der Waals surface area contributed by atoms with E-state index in [2.05, 4.69) is 6.92 Å². The van der Waals surface area contributed by atoms with Crippen LogP contribution >= 0.6 is 0 Å². The minimum Gasteiger partial charge on any atom is -0.352 e. The van der Waals surface area contributed by atoms with Crippen LogP contribution in [0.4, 0.5) is 0 Å². The molecule has 0 aromatic rings. The third kappa shape index (κ3) is 4.02. The number of hydrogen-bond acceptors (Lipinski definition) is 1. The molecule has 0 saturated heterocycles. The van der Waals surface area contributed by atoms with E-state index in [1.54, 1.807) is 0 Å². The van der Waals surface area contributed by atoms with Crippen LogP contribution in [0, 0.1) is 5.05 Å². The maximum absolute atomic E-state index is 7.08. The Kier molecular flexibility index (Phi) is 3.23. The summed E-state index contributed by atoms with van der Waals surface area (Å²) in [7, 11) is -0.636. The van der Waals surface area contributed by atoms with Crippen LogP contribution in [0.1, 0.15) is 13.3 Å². The predicted octanol–water partition coefficient (Wildman–Crippen LogP) is 1.87. The largest absolute Gasteiger partial charge is 0.352 e. The second-order valence-electron chi connectivity index (χ2n) is 1.53. The second kappa shape index (κ2) is 3.22. The summed E-state index contributed by atoms with van der Waals surface area (Å²) in [6.45, 7) is 4.15. The lowest BCUT2D eigenvalue weighted by molar-refractivity contribution is 1.06. The zero-order chi connectivity index (χ0) is 4.99. The molecule has 2 heteroatoms. The van der Waals surface area contributed by atoms with Crippen molar-refractivity contribution in [1.29, 1.82) is 5.05 Å². The van der Waals surface area contributed by atoms with Crippen molar-refractivity contribution < 1.29 is 0 Å². The lowest BCUT2D eigenvalue weighted by Gasteiger charge is -1.82. The number of nitrogens with one attached hydrogen (secondary N) is 1. The molecule has 0 heterocycles. The van der Waals surface area contributed by atoms with Crippen LogP contribution in [0.3, 0.4) is 0 Å². The highest BCUT2D eigenvalue weighted by Crippen LogP contribution is 1.85. The van der Waals surface area contributed by atoms with E-state index in [0.29, 0.717) is 0 Å². The van der Waals surface area contributed by atoms with Crippen molar-refractivity contribution in [2.45, 2.75) is 25.9 Å². The molecule has 0 aliphatic carbocycles. The van der Waals surface area contributed by atoms with Gasteiger partial charge in [-0.05, 0) is 12.6 Å². The van der Waals surface area contributed by atoms with Crippen molar-refractivity contribution in [2.24, 2.45) is 0 Å². The summed E-state index contributed by atoms with van der Waals surface area (Å²) in [5, 5.41) is 7.08. The molecule has 0 amide bonds. The molecule has 0 fully saturated rings. The molecule has 0 rings (SSSR count). The van der Waals surface area contributed by atoms with Crippen molar-refractivity contribution in [3.05, 3.63) is 0 Å². The fourth-order valence-electron chi connectivity index (χ4n) is 0.375. The van der Waals surface area contributed by atoms with Gasteiger partial charge in [-0.1, -0.05) is 13.3 Å². The summed E-state index contributed by atoms with van der Waals surface area (Å²) in [5.41, 5.74) is 0. The van der Waals surface area contributed by atoms with Crippen LogP contribution in [0.2, 0.25) is 12.6 Å². The normalized spacial score (nSPS) is 8.33. The fourth-order valence-corrected chi connectivity index (χ4v) is 1.12. The Morgan fingerprint density at radius 1 is 1.67 bits per heavy atom. The average Bonchev–Trinajstić information content (AvgIpc) is 1.35. The van der Waals surface area contributed by atoms with Gasteiger partial charge >= 0.3 is 0 Å². The first kappa shape index (κ1) is 6.02. The molecule has 0 radical (unpaired) electrons. The van der Waals surface area contributed by atoms with Gasteiger partial charge in [-0.15, -0.1) is 0 Å². The second-order valence-corrected chi connectivity index (χ2v) is 3.59. The molecule has 0 atom stereocenters. The zero-order valence-corrected chi connectivity index (χ0v) is 5.41. The van der Waals surface area contributed by atoms with Crippen molar-refractivity contribution in [3.63, 3.8) is 0 Å². The van der Waals surface area contributed by atoms with Crippen molar-refractivity contribution in [1.82, 2.24) is 0 Å². The molecule has 1 N–H and O–H groups in total. The van der Waals surface area contributed by atoms with Gasteiger partial charge in [0.25, 0.3) is 0 Å². The van der Waals surface area contributed by atoms with Crippen LogP contribution in [0.15, 0.2) is 0 Å². The lowest BCUT2D eigenvalue weighted by Crippen LogP contribution is -1.84. The lowest BCUT2D eigenvalue weighted by atomic mass is 10.6. The Morgan fingerprint density at radius 2 is 2.17 bits per heavy atom. The summed E-state index contributed by atoms with van der Waals surface area (Å²) in [4.78, 5) is 0. The highest BCUT2D eigenvalue weighted by molar-refractivity contribution is 6.42. The van der Waals surface area contributed by atoms with E-state index < -0.39 is 8.59 Å². The van der Waals surface area contributed by atoms with Gasteiger partial charge in [-0.3, -0.25) is 0 Å². The van der Waals surface area contributed by atoms with Gasteiger partial charge in [-0.25, -0.2) is 0 Å². The molecule has 0 aromatic carbocycles. The summed E-state index contributed by atoms with van der Waals surface area (Å²) in [6.07, 6.45) is 1.19. The molecule has 0 aliphatic heterocycles. The average molecular weight is 101 g/mol. The summed E-state index contributed by atoms with van der Waals surface area (Å²) in [6, 6.07) is 1.14. The molecule has 0 spiro atoms. The topological polar surface area (TPSA) is 23.9 Å². The zero-order valence-electron chi connectivity index (χ0n) is 4.41. The minimum atomic E-state index is -0.636. The van der Waals surface area contributed by atoms with E-state index in [0.717, 1.165) is 6.04 Å². The Hall–Kier alpha value is 0.0169. The van der Waals surface area contributed by atoms with Crippen molar-refractivity contribution in [3.8, 4) is 0 Å². The Labute approximate surface area is 40.5 Å². The number of rotatable bonds is 2. The van der Waals surface area contributed by atoms with Gasteiger partial charge in [0.2, 0.25) is 0 Å². The highest BCUT2D eigenvalue weighted by Gasteiger charge is 1.81. The van der Waals surface area contributed by atoms with Crippen molar-refractivity contribution in [2.75, 3.05) is 0 Å². The molecule has 0 unspecified atom stereocenters. The molecular formula is C4H11NSi. The predicted molar refractivity (Wildman–Crippen MR) is 29.4 cm³/mol. The van der Waals surface area contributed by atoms with E-state index in [-0.39, 0.29) is 0 Å². The van der Waals surface area contributed by atoms with E-state index in [1.165, 1.54) is 6.42 Å². The van der Waals surface area contributed by atoms with Gasteiger partial charge in [0.05, 0.1) is 0 Å². The van der Waals surface area contributed by atoms with E-state index in [1.807, 2.05) is 6.55 Å².